The predicted molar refractivity (Wildman–Crippen MR) is 157 cm³/mol. The summed E-state index contributed by atoms with van der Waals surface area (Å²) in [6.45, 7) is 6.59. The van der Waals surface area contributed by atoms with E-state index < -0.39 is 5.97 Å². The van der Waals surface area contributed by atoms with Gasteiger partial charge in [-0.05, 0) is 61.7 Å². The van der Waals surface area contributed by atoms with Gasteiger partial charge in [-0.3, -0.25) is 0 Å². The zero-order valence-electron chi connectivity index (χ0n) is 22.1. The number of hydrogen-bond acceptors (Lipinski definition) is 5. The fraction of sp³-hybridized carbons (Fsp3) is 0.188. The third-order valence-electron chi connectivity index (χ3n) is 6.58. The minimum Gasteiger partial charge on any atom is -0.506 e. The monoisotopic (exact) mass is 540 g/mol. The molecule has 4 aromatic rings. The van der Waals surface area contributed by atoms with Crippen molar-refractivity contribution in [3.8, 4) is 0 Å². The number of hydrogen-bond donors (Lipinski definition) is 1. The number of ether oxygens (including phenoxy) is 1. The molecule has 0 aliphatic carbocycles. The Morgan fingerprint density at radius 1 is 1.08 bits per heavy atom. The number of aryl methyl sites for hydroxylation is 2. The van der Waals surface area contributed by atoms with Crippen molar-refractivity contribution < 1.29 is 19.0 Å². The van der Waals surface area contributed by atoms with Crippen LogP contribution in [0.25, 0.3) is 17.0 Å². The van der Waals surface area contributed by atoms with E-state index in [1.807, 2.05) is 49.5 Å². The van der Waals surface area contributed by atoms with Gasteiger partial charge in [0.05, 0.1) is 22.7 Å². The molecule has 0 atom stereocenters. The van der Waals surface area contributed by atoms with Gasteiger partial charge in [0.1, 0.15) is 22.2 Å². The molecule has 0 spiro atoms. The minimum atomic E-state index is -0.608. The number of carbonyl (C=O) groups excluding carboxylic acids is 1. The molecule has 3 aromatic carbocycles. The fourth-order valence-electron chi connectivity index (χ4n) is 4.65. The van der Waals surface area contributed by atoms with Crippen molar-refractivity contribution in [2.24, 2.45) is 4.99 Å². The van der Waals surface area contributed by atoms with Crippen molar-refractivity contribution in [3.05, 3.63) is 117 Å². The number of rotatable bonds is 7. The average molecular weight is 541 g/mol. The standard InChI is InChI=1S/C32H29FN2O3S/c1-4-22-7-6-8-26-23(19-35(29(22)26)18-21-11-13-24(33)14-12-21)17-27-30(36)28(32(37)38-5-2)31(39-27)34-25-15-9-20(3)10-16-25/h6-17,19,36H,4-5,18H2,1-3H3/b27-17-,34-31?. The molecule has 5 nitrogen and oxygen atoms in total. The summed E-state index contributed by atoms with van der Waals surface area (Å²) in [5.41, 5.74) is 6.00. The summed E-state index contributed by atoms with van der Waals surface area (Å²) in [5, 5.41) is 12.6. The van der Waals surface area contributed by atoms with Crippen LogP contribution in [-0.4, -0.2) is 27.3 Å². The van der Waals surface area contributed by atoms with Gasteiger partial charge in [-0.2, -0.15) is 0 Å². The van der Waals surface area contributed by atoms with E-state index in [0.717, 1.165) is 34.0 Å². The van der Waals surface area contributed by atoms with Crippen molar-refractivity contribution in [2.75, 3.05) is 6.61 Å². The van der Waals surface area contributed by atoms with E-state index in [2.05, 4.69) is 28.6 Å². The number of nitrogens with zero attached hydrogens (tertiary/aromatic N) is 2. The number of aliphatic hydroxyl groups excluding tert-OH is 1. The Labute approximate surface area is 231 Å². The summed E-state index contributed by atoms with van der Waals surface area (Å²) < 4.78 is 20.9. The number of halogens is 1. The van der Waals surface area contributed by atoms with Gasteiger partial charge in [0.25, 0.3) is 0 Å². The maximum absolute atomic E-state index is 13.5. The normalized spacial score (nSPS) is 15.6. The molecule has 198 valence electrons. The van der Waals surface area contributed by atoms with Gasteiger partial charge in [0.2, 0.25) is 0 Å². The molecular formula is C32H29FN2O3S. The van der Waals surface area contributed by atoms with E-state index in [1.165, 1.54) is 29.5 Å². The summed E-state index contributed by atoms with van der Waals surface area (Å²) in [5.74, 6) is -1.02. The highest BCUT2D eigenvalue weighted by atomic mass is 32.2. The van der Waals surface area contributed by atoms with E-state index in [1.54, 1.807) is 19.1 Å². The molecule has 1 aromatic heterocycles. The molecule has 0 radical (unpaired) electrons. The molecule has 0 saturated carbocycles. The minimum absolute atomic E-state index is 0.0676. The van der Waals surface area contributed by atoms with Crippen molar-refractivity contribution >= 4 is 45.4 Å². The highest BCUT2D eigenvalue weighted by Crippen LogP contribution is 2.41. The van der Waals surface area contributed by atoms with Crippen LogP contribution in [-0.2, 0) is 22.5 Å². The van der Waals surface area contributed by atoms with E-state index >= 15 is 0 Å². The van der Waals surface area contributed by atoms with Gasteiger partial charge in [-0.1, -0.05) is 66.7 Å². The second-order valence-corrected chi connectivity index (χ2v) is 10.3. The Bertz CT molecular complexity index is 1630. The Morgan fingerprint density at radius 3 is 2.51 bits per heavy atom. The number of fused-ring (bicyclic) bond motifs is 1. The molecule has 1 N–H and O–H groups in total. The molecule has 2 heterocycles. The third-order valence-corrected chi connectivity index (χ3v) is 7.60. The second-order valence-electron chi connectivity index (χ2n) is 9.31. The summed E-state index contributed by atoms with van der Waals surface area (Å²) in [6, 6.07) is 20.3. The van der Waals surface area contributed by atoms with E-state index in [0.29, 0.717) is 22.2 Å². The Hall–Kier alpha value is -4.10. The quantitative estimate of drug-likeness (QED) is 0.242. The van der Waals surface area contributed by atoms with Crippen LogP contribution in [0.3, 0.4) is 0 Å². The lowest BCUT2D eigenvalue weighted by Crippen LogP contribution is -2.12. The molecule has 0 saturated heterocycles. The van der Waals surface area contributed by atoms with Crippen molar-refractivity contribution in [1.29, 1.82) is 0 Å². The SMILES string of the molecule is CCOC(=O)C1=C(O)/C(=C/c2cn(Cc3ccc(F)cc3)c3c(CC)cccc23)SC1=Nc1ccc(C)cc1. The zero-order chi connectivity index (χ0) is 27.5. The van der Waals surface area contributed by atoms with E-state index in [9.17, 15) is 14.3 Å². The smallest absolute Gasteiger partial charge is 0.344 e. The number of thioether (sulfide) groups is 1. The lowest BCUT2D eigenvalue weighted by atomic mass is 10.1. The number of benzene rings is 3. The first-order valence-corrected chi connectivity index (χ1v) is 13.7. The van der Waals surface area contributed by atoms with Gasteiger partial charge < -0.3 is 14.4 Å². The number of para-hydroxylation sites is 1. The molecule has 1 aliphatic rings. The number of aromatic nitrogens is 1. The number of aliphatic imine (C=N–C) groups is 1. The molecule has 39 heavy (non-hydrogen) atoms. The maximum atomic E-state index is 13.5. The highest BCUT2D eigenvalue weighted by molar-refractivity contribution is 8.18. The third kappa shape index (κ3) is 5.54. The van der Waals surface area contributed by atoms with Crippen LogP contribution in [0.2, 0.25) is 0 Å². The van der Waals surface area contributed by atoms with Crippen LogP contribution in [0, 0.1) is 12.7 Å². The highest BCUT2D eigenvalue weighted by Gasteiger charge is 2.33. The Morgan fingerprint density at radius 2 is 1.82 bits per heavy atom. The second kappa shape index (κ2) is 11.3. The first kappa shape index (κ1) is 26.5. The molecule has 1 aliphatic heterocycles. The van der Waals surface area contributed by atoms with Crippen LogP contribution in [0.1, 0.15) is 36.1 Å². The number of esters is 1. The first-order chi connectivity index (χ1) is 18.9. The van der Waals surface area contributed by atoms with Crippen LogP contribution in [0.5, 0.6) is 0 Å². The summed E-state index contributed by atoms with van der Waals surface area (Å²) in [7, 11) is 0. The van der Waals surface area contributed by atoms with Gasteiger partial charge in [-0.25, -0.2) is 14.2 Å². The fourth-order valence-corrected chi connectivity index (χ4v) is 5.67. The molecule has 0 fully saturated rings. The zero-order valence-corrected chi connectivity index (χ0v) is 22.9. The Kier molecular flexibility index (Phi) is 7.70. The predicted octanol–water partition coefficient (Wildman–Crippen LogP) is 7.89. The van der Waals surface area contributed by atoms with Crippen molar-refractivity contribution in [1.82, 2.24) is 4.57 Å². The lowest BCUT2D eigenvalue weighted by molar-refractivity contribution is -0.138. The lowest BCUT2D eigenvalue weighted by Gasteiger charge is -2.09. The molecule has 0 amide bonds. The molecule has 7 heteroatoms. The molecular weight excluding hydrogens is 511 g/mol. The number of carbonyl (C=O) groups is 1. The van der Waals surface area contributed by atoms with Crippen LogP contribution >= 0.6 is 11.8 Å². The van der Waals surface area contributed by atoms with Gasteiger partial charge in [0, 0.05) is 23.7 Å². The van der Waals surface area contributed by atoms with E-state index in [4.69, 9.17) is 4.74 Å². The molecule has 0 unspecified atom stereocenters. The number of aliphatic hydroxyl groups is 1. The topological polar surface area (TPSA) is 63.8 Å². The molecule has 0 bridgehead atoms. The van der Waals surface area contributed by atoms with Crippen LogP contribution in [0.15, 0.2) is 94.2 Å². The summed E-state index contributed by atoms with van der Waals surface area (Å²) >= 11 is 1.24. The van der Waals surface area contributed by atoms with Crippen molar-refractivity contribution in [2.45, 2.75) is 33.7 Å². The summed E-state index contributed by atoms with van der Waals surface area (Å²) in [6.07, 6.45) is 4.77. The summed E-state index contributed by atoms with van der Waals surface area (Å²) in [4.78, 5) is 18.0. The van der Waals surface area contributed by atoms with Crippen molar-refractivity contribution in [3.63, 3.8) is 0 Å². The first-order valence-electron chi connectivity index (χ1n) is 12.9. The Balaban J connectivity index is 1.61. The van der Waals surface area contributed by atoms with Gasteiger partial charge in [-0.15, -0.1) is 0 Å². The molecule has 5 rings (SSSR count). The van der Waals surface area contributed by atoms with Gasteiger partial charge in [0.15, 0.2) is 0 Å². The van der Waals surface area contributed by atoms with Gasteiger partial charge >= 0.3 is 5.97 Å². The van der Waals surface area contributed by atoms with E-state index in [-0.39, 0.29) is 23.8 Å². The largest absolute Gasteiger partial charge is 0.506 e. The van der Waals surface area contributed by atoms with Crippen LogP contribution in [0.4, 0.5) is 10.1 Å². The van der Waals surface area contributed by atoms with Crippen LogP contribution < -0.4 is 0 Å². The maximum Gasteiger partial charge on any atom is 0.344 e. The average Bonchev–Trinajstić information content (AvgIpc) is 3.43.